The van der Waals surface area contributed by atoms with Crippen molar-refractivity contribution >= 4 is 21.7 Å². The molecule has 2 rings (SSSR count). The standard InChI is InChI=1S/C15H18BrN3O2/c1-3-8-17-13-9-15(19-14(18-13)10-20-2)21-12-7-5-4-6-11(12)16/h4-7,9H,3,8,10H2,1-2H3,(H,17,18,19). The van der Waals surface area contributed by atoms with Crippen LogP contribution in [0.1, 0.15) is 19.2 Å². The number of anilines is 1. The van der Waals surface area contributed by atoms with E-state index in [1.54, 1.807) is 13.2 Å². The van der Waals surface area contributed by atoms with Gasteiger partial charge in [0.05, 0.1) is 4.47 Å². The Morgan fingerprint density at radius 2 is 2.05 bits per heavy atom. The lowest BCUT2D eigenvalue weighted by atomic mass is 10.3. The number of methoxy groups -OCH3 is 1. The Morgan fingerprint density at radius 1 is 1.24 bits per heavy atom. The second kappa shape index (κ2) is 7.95. The molecule has 0 saturated heterocycles. The molecule has 6 heteroatoms. The van der Waals surface area contributed by atoms with Gasteiger partial charge in [-0.15, -0.1) is 0 Å². The average molecular weight is 352 g/mol. The summed E-state index contributed by atoms with van der Waals surface area (Å²) in [7, 11) is 1.61. The minimum Gasteiger partial charge on any atom is -0.438 e. The number of rotatable bonds is 7. The highest BCUT2D eigenvalue weighted by atomic mass is 79.9. The predicted molar refractivity (Wildman–Crippen MR) is 85.7 cm³/mol. The van der Waals surface area contributed by atoms with Crippen LogP contribution in [-0.4, -0.2) is 23.6 Å². The molecule has 0 atom stereocenters. The number of hydrogen-bond acceptors (Lipinski definition) is 5. The molecule has 1 N–H and O–H groups in total. The van der Waals surface area contributed by atoms with Crippen molar-refractivity contribution in [2.75, 3.05) is 19.0 Å². The van der Waals surface area contributed by atoms with E-state index >= 15 is 0 Å². The summed E-state index contributed by atoms with van der Waals surface area (Å²) in [4.78, 5) is 8.73. The van der Waals surface area contributed by atoms with E-state index in [-0.39, 0.29) is 0 Å². The second-order valence-electron chi connectivity index (χ2n) is 4.40. The second-order valence-corrected chi connectivity index (χ2v) is 5.25. The van der Waals surface area contributed by atoms with Crippen LogP contribution < -0.4 is 10.1 Å². The summed E-state index contributed by atoms with van der Waals surface area (Å²) in [6.07, 6.45) is 1.02. The Labute approximate surface area is 132 Å². The summed E-state index contributed by atoms with van der Waals surface area (Å²) in [5.74, 6) is 2.52. The molecule has 1 heterocycles. The van der Waals surface area contributed by atoms with Gasteiger partial charge < -0.3 is 14.8 Å². The van der Waals surface area contributed by atoms with Gasteiger partial charge in [-0.1, -0.05) is 19.1 Å². The van der Waals surface area contributed by atoms with Gasteiger partial charge in [-0.2, -0.15) is 4.98 Å². The minimum atomic E-state index is 0.341. The van der Waals surface area contributed by atoms with E-state index in [1.165, 1.54) is 0 Å². The molecule has 112 valence electrons. The molecule has 0 fully saturated rings. The molecule has 2 aromatic rings. The van der Waals surface area contributed by atoms with Gasteiger partial charge in [0, 0.05) is 19.7 Å². The van der Waals surface area contributed by atoms with Crippen molar-refractivity contribution in [2.24, 2.45) is 0 Å². The zero-order chi connectivity index (χ0) is 15.1. The van der Waals surface area contributed by atoms with Crippen molar-refractivity contribution < 1.29 is 9.47 Å². The zero-order valence-electron chi connectivity index (χ0n) is 12.1. The van der Waals surface area contributed by atoms with E-state index in [9.17, 15) is 0 Å². The lowest BCUT2D eigenvalue weighted by molar-refractivity contribution is 0.177. The van der Waals surface area contributed by atoms with Crippen molar-refractivity contribution in [2.45, 2.75) is 20.0 Å². The molecule has 0 unspecified atom stereocenters. The Hall–Kier alpha value is -1.66. The number of hydrogen-bond donors (Lipinski definition) is 1. The smallest absolute Gasteiger partial charge is 0.224 e. The third-order valence-corrected chi connectivity index (χ3v) is 3.28. The quantitative estimate of drug-likeness (QED) is 0.816. The Kier molecular flexibility index (Phi) is 5.95. The third kappa shape index (κ3) is 4.68. The van der Waals surface area contributed by atoms with E-state index in [2.05, 4.69) is 38.1 Å². The van der Waals surface area contributed by atoms with E-state index in [0.29, 0.717) is 24.1 Å². The van der Waals surface area contributed by atoms with Crippen LogP contribution in [0.15, 0.2) is 34.8 Å². The lowest BCUT2D eigenvalue weighted by Crippen LogP contribution is -2.06. The van der Waals surface area contributed by atoms with Crippen LogP contribution in [0.5, 0.6) is 11.6 Å². The number of aromatic nitrogens is 2. The molecule has 0 saturated carbocycles. The molecule has 0 radical (unpaired) electrons. The molecule has 5 nitrogen and oxygen atoms in total. The first kappa shape index (κ1) is 15.7. The number of nitrogens with zero attached hydrogens (tertiary/aromatic N) is 2. The number of para-hydroxylation sites is 1. The number of ether oxygens (including phenoxy) is 2. The van der Waals surface area contributed by atoms with Crippen LogP contribution >= 0.6 is 15.9 Å². The summed E-state index contributed by atoms with van der Waals surface area (Å²) in [6, 6.07) is 9.42. The Bertz CT molecular complexity index is 593. The van der Waals surface area contributed by atoms with E-state index in [0.717, 1.165) is 23.3 Å². The monoisotopic (exact) mass is 351 g/mol. The molecule has 0 amide bonds. The van der Waals surface area contributed by atoms with Crippen molar-refractivity contribution in [3.05, 3.63) is 40.6 Å². The van der Waals surface area contributed by atoms with Crippen LogP contribution in [0.25, 0.3) is 0 Å². The summed E-state index contributed by atoms with van der Waals surface area (Å²) in [5, 5.41) is 3.24. The summed E-state index contributed by atoms with van der Waals surface area (Å²) in [5.41, 5.74) is 0. The van der Waals surface area contributed by atoms with Gasteiger partial charge in [0.1, 0.15) is 18.2 Å². The molecule has 21 heavy (non-hydrogen) atoms. The Morgan fingerprint density at radius 3 is 2.76 bits per heavy atom. The summed E-state index contributed by atoms with van der Waals surface area (Å²) in [6.45, 7) is 3.29. The Balaban J connectivity index is 2.24. The van der Waals surface area contributed by atoms with Gasteiger partial charge in [-0.3, -0.25) is 0 Å². The maximum Gasteiger partial charge on any atom is 0.224 e. The van der Waals surface area contributed by atoms with Crippen molar-refractivity contribution in [3.8, 4) is 11.6 Å². The first-order chi connectivity index (χ1) is 10.2. The van der Waals surface area contributed by atoms with Gasteiger partial charge in [0.25, 0.3) is 0 Å². The number of benzene rings is 1. The largest absolute Gasteiger partial charge is 0.438 e. The SMILES string of the molecule is CCCNc1cc(Oc2ccccc2Br)nc(COC)n1. The first-order valence-electron chi connectivity index (χ1n) is 6.76. The molecule has 0 aliphatic carbocycles. The van der Waals surface area contributed by atoms with E-state index in [1.807, 2.05) is 24.3 Å². The number of halogens is 1. The summed E-state index contributed by atoms with van der Waals surface area (Å²) < 4.78 is 11.8. The molecule has 0 bridgehead atoms. The first-order valence-corrected chi connectivity index (χ1v) is 7.55. The van der Waals surface area contributed by atoms with Crippen LogP contribution in [0.3, 0.4) is 0 Å². The fraction of sp³-hybridized carbons (Fsp3) is 0.333. The zero-order valence-corrected chi connectivity index (χ0v) is 13.7. The molecule has 0 spiro atoms. The van der Waals surface area contributed by atoms with Crippen molar-refractivity contribution in [1.29, 1.82) is 0 Å². The molecule has 1 aromatic carbocycles. The van der Waals surface area contributed by atoms with E-state index < -0.39 is 0 Å². The highest BCUT2D eigenvalue weighted by Crippen LogP contribution is 2.29. The minimum absolute atomic E-state index is 0.341. The van der Waals surface area contributed by atoms with Crippen LogP contribution in [0.4, 0.5) is 5.82 Å². The van der Waals surface area contributed by atoms with Gasteiger partial charge >= 0.3 is 0 Å². The highest BCUT2D eigenvalue weighted by Gasteiger charge is 2.08. The van der Waals surface area contributed by atoms with Crippen LogP contribution in [0.2, 0.25) is 0 Å². The fourth-order valence-electron chi connectivity index (χ4n) is 1.70. The molecule has 0 aliphatic heterocycles. The van der Waals surface area contributed by atoms with Gasteiger partial charge in [0.2, 0.25) is 5.88 Å². The summed E-state index contributed by atoms with van der Waals surface area (Å²) >= 11 is 3.45. The maximum absolute atomic E-state index is 5.82. The predicted octanol–water partition coefficient (Wildman–Crippen LogP) is 4.00. The third-order valence-electron chi connectivity index (χ3n) is 2.63. The fourth-order valence-corrected chi connectivity index (χ4v) is 2.07. The topological polar surface area (TPSA) is 56.3 Å². The lowest BCUT2D eigenvalue weighted by Gasteiger charge is -2.11. The average Bonchev–Trinajstić information content (AvgIpc) is 2.48. The van der Waals surface area contributed by atoms with Gasteiger partial charge in [-0.05, 0) is 34.5 Å². The van der Waals surface area contributed by atoms with Crippen LogP contribution in [0, 0.1) is 0 Å². The normalized spacial score (nSPS) is 10.4. The number of nitrogens with one attached hydrogen (secondary N) is 1. The van der Waals surface area contributed by atoms with Crippen LogP contribution in [-0.2, 0) is 11.3 Å². The molecular formula is C15H18BrN3O2. The molecular weight excluding hydrogens is 334 g/mol. The molecule has 1 aromatic heterocycles. The van der Waals surface area contributed by atoms with Gasteiger partial charge in [-0.25, -0.2) is 4.98 Å². The van der Waals surface area contributed by atoms with E-state index in [4.69, 9.17) is 9.47 Å². The van der Waals surface area contributed by atoms with Gasteiger partial charge in [0.15, 0.2) is 5.82 Å². The van der Waals surface area contributed by atoms with Crippen molar-refractivity contribution in [3.63, 3.8) is 0 Å². The highest BCUT2D eigenvalue weighted by molar-refractivity contribution is 9.10. The maximum atomic E-state index is 5.82. The van der Waals surface area contributed by atoms with Crippen molar-refractivity contribution in [1.82, 2.24) is 9.97 Å². The molecule has 0 aliphatic rings.